The predicted octanol–water partition coefficient (Wildman–Crippen LogP) is 2.18. The van der Waals surface area contributed by atoms with Crippen LogP contribution in [0.4, 0.5) is 5.69 Å². The minimum absolute atomic E-state index is 0.143. The van der Waals surface area contributed by atoms with E-state index in [4.69, 9.17) is 10.8 Å². The van der Waals surface area contributed by atoms with Crippen molar-refractivity contribution in [1.82, 2.24) is 4.98 Å². The minimum Gasteiger partial charge on any atom is -0.258 e. The summed E-state index contributed by atoms with van der Waals surface area (Å²) < 4.78 is 0. The van der Waals surface area contributed by atoms with Gasteiger partial charge in [0.2, 0.25) is 5.69 Å². The average Bonchev–Trinajstić information content (AvgIpc) is 2.34. The van der Waals surface area contributed by atoms with Crippen LogP contribution < -0.4 is 0 Å². The van der Waals surface area contributed by atoms with Gasteiger partial charge in [-0.15, -0.1) is 0 Å². The van der Waals surface area contributed by atoms with Crippen LogP contribution in [-0.4, -0.2) is 16.5 Å². The zero-order valence-electron chi connectivity index (χ0n) is 8.52. The van der Waals surface area contributed by atoms with Crippen molar-refractivity contribution >= 4 is 11.8 Å². The van der Waals surface area contributed by atoms with Crippen molar-refractivity contribution in [3.63, 3.8) is 0 Å². The maximum absolute atomic E-state index is 10.6. The molecule has 0 saturated heterocycles. The fourth-order valence-electron chi connectivity index (χ4n) is 1.06. The molecule has 17 heavy (non-hydrogen) atoms. The molecule has 0 unspecified atom stereocenters. The summed E-state index contributed by atoms with van der Waals surface area (Å²) in [4.78, 5) is 16.2. The van der Waals surface area contributed by atoms with E-state index in [0.717, 1.165) is 0 Å². The van der Waals surface area contributed by atoms with Gasteiger partial charge in [-0.3, -0.25) is 10.1 Å². The SMILES string of the molecule is N#Cc1ncc(C=CCN=[N+]=[N-])cc1[N+](=O)[O-]. The summed E-state index contributed by atoms with van der Waals surface area (Å²) in [5.74, 6) is 0. The lowest BCUT2D eigenvalue weighted by Crippen LogP contribution is -1.95. The standard InChI is InChI=1S/C9H6N6O2/c10-5-8-9(15(16)17)4-7(6-12-8)2-1-3-13-14-11/h1-2,4,6H,3H2. The second kappa shape index (κ2) is 5.85. The van der Waals surface area contributed by atoms with Crippen LogP contribution in [0.3, 0.4) is 0 Å². The van der Waals surface area contributed by atoms with Gasteiger partial charge in [-0.05, 0) is 11.1 Å². The number of rotatable bonds is 4. The molecule has 0 amide bonds. The number of hydrogen-bond acceptors (Lipinski definition) is 5. The highest BCUT2D eigenvalue weighted by Crippen LogP contribution is 2.17. The van der Waals surface area contributed by atoms with Crippen molar-refractivity contribution in [3.05, 3.63) is 50.2 Å². The first kappa shape index (κ1) is 12.2. The van der Waals surface area contributed by atoms with Crippen LogP contribution in [0.2, 0.25) is 0 Å². The molecule has 8 nitrogen and oxygen atoms in total. The summed E-state index contributed by atoms with van der Waals surface area (Å²) >= 11 is 0. The summed E-state index contributed by atoms with van der Waals surface area (Å²) in [6.07, 6.45) is 4.39. The number of pyridine rings is 1. The second-order valence-electron chi connectivity index (χ2n) is 2.82. The third-order valence-electron chi connectivity index (χ3n) is 1.75. The van der Waals surface area contributed by atoms with Crippen molar-refractivity contribution in [2.45, 2.75) is 0 Å². The predicted molar refractivity (Wildman–Crippen MR) is 58.7 cm³/mol. The van der Waals surface area contributed by atoms with E-state index in [1.165, 1.54) is 24.4 Å². The molecule has 0 N–H and O–H groups in total. The van der Waals surface area contributed by atoms with E-state index < -0.39 is 4.92 Å². The Morgan fingerprint density at radius 2 is 2.53 bits per heavy atom. The Morgan fingerprint density at radius 3 is 3.12 bits per heavy atom. The molecule has 84 valence electrons. The van der Waals surface area contributed by atoms with Gasteiger partial charge in [-0.1, -0.05) is 17.3 Å². The highest BCUT2D eigenvalue weighted by molar-refractivity contribution is 5.55. The van der Waals surface area contributed by atoms with Gasteiger partial charge >= 0.3 is 5.69 Å². The van der Waals surface area contributed by atoms with Gasteiger partial charge in [-0.25, -0.2) is 4.98 Å². The molecular weight excluding hydrogens is 224 g/mol. The first-order valence-corrected chi connectivity index (χ1v) is 4.41. The van der Waals surface area contributed by atoms with Crippen molar-refractivity contribution in [3.8, 4) is 6.07 Å². The lowest BCUT2D eigenvalue weighted by atomic mass is 10.2. The Kier molecular flexibility index (Phi) is 4.18. The molecule has 0 radical (unpaired) electrons. The molecule has 0 aromatic carbocycles. The normalized spacial score (nSPS) is 9.59. The Labute approximate surface area is 95.6 Å². The van der Waals surface area contributed by atoms with Gasteiger partial charge in [0, 0.05) is 23.7 Å². The Bertz CT molecular complexity index is 553. The molecule has 1 rings (SSSR count). The molecule has 0 bridgehead atoms. The quantitative estimate of drug-likeness (QED) is 0.258. The van der Waals surface area contributed by atoms with Gasteiger partial charge in [0.1, 0.15) is 6.07 Å². The molecule has 0 aliphatic carbocycles. The molecule has 0 fully saturated rings. The molecule has 1 heterocycles. The molecular formula is C9H6N6O2. The van der Waals surface area contributed by atoms with E-state index in [9.17, 15) is 10.1 Å². The number of nitrogens with zero attached hydrogens (tertiary/aromatic N) is 6. The smallest absolute Gasteiger partial charge is 0.258 e. The maximum atomic E-state index is 10.6. The average molecular weight is 230 g/mol. The van der Waals surface area contributed by atoms with E-state index in [1.54, 1.807) is 6.07 Å². The number of nitriles is 1. The number of azide groups is 1. The van der Waals surface area contributed by atoms with Gasteiger partial charge in [-0.2, -0.15) is 5.26 Å². The molecule has 0 aliphatic rings. The largest absolute Gasteiger partial charge is 0.306 e. The summed E-state index contributed by atoms with van der Waals surface area (Å²) in [7, 11) is 0. The van der Waals surface area contributed by atoms with Crippen molar-refractivity contribution in [2.24, 2.45) is 5.11 Å². The lowest BCUT2D eigenvalue weighted by molar-refractivity contribution is -0.385. The molecule has 1 aromatic rings. The van der Waals surface area contributed by atoms with E-state index >= 15 is 0 Å². The van der Waals surface area contributed by atoms with Crippen LogP contribution in [0.5, 0.6) is 0 Å². The third kappa shape index (κ3) is 3.30. The zero-order chi connectivity index (χ0) is 12.7. The summed E-state index contributed by atoms with van der Waals surface area (Å²) in [6, 6.07) is 2.87. The molecule has 0 aliphatic heterocycles. The monoisotopic (exact) mass is 230 g/mol. The summed E-state index contributed by atoms with van der Waals surface area (Å²) in [5, 5.41) is 22.5. The number of hydrogen-bond donors (Lipinski definition) is 0. The van der Waals surface area contributed by atoms with E-state index in [-0.39, 0.29) is 17.9 Å². The zero-order valence-corrected chi connectivity index (χ0v) is 8.52. The van der Waals surface area contributed by atoms with Gasteiger partial charge in [0.05, 0.1) is 4.92 Å². The Morgan fingerprint density at radius 1 is 1.76 bits per heavy atom. The summed E-state index contributed by atoms with van der Waals surface area (Å²) in [5.41, 5.74) is 7.91. The highest BCUT2D eigenvalue weighted by Gasteiger charge is 2.14. The summed E-state index contributed by atoms with van der Waals surface area (Å²) in [6.45, 7) is 0.143. The molecule has 1 aromatic heterocycles. The van der Waals surface area contributed by atoms with Crippen LogP contribution >= 0.6 is 0 Å². The third-order valence-corrected chi connectivity index (χ3v) is 1.75. The van der Waals surface area contributed by atoms with Crippen molar-refractivity contribution in [1.29, 1.82) is 5.26 Å². The van der Waals surface area contributed by atoms with E-state index in [2.05, 4.69) is 15.0 Å². The van der Waals surface area contributed by atoms with Crippen LogP contribution in [0.15, 0.2) is 23.5 Å². The number of aromatic nitrogens is 1. The van der Waals surface area contributed by atoms with E-state index in [1.807, 2.05) is 0 Å². The fourth-order valence-corrected chi connectivity index (χ4v) is 1.06. The molecule has 8 heteroatoms. The Balaban J connectivity index is 3.01. The topological polar surface area (TPSA) is 129 Å². The first-order valence-electron chi connectivity index (χ1n) is 4.41. The molecule has 0 spiro atoms. The maximum Gasteiger partial charge on any atom is 0.306 e. The Hall–Kier alpha value is -2.91. The lowest BCUT2D eigenvalue weighted by Gasteiger charge is -1.95. The molecule has 0 saturated carbocycles. The van der Waals surface area contributed by atoms with Crippen LogP contribution in [0.1, 0.15) is 11.3 Å². The van der Waals surface area contributed by atoms with E-state index in [0.29, 0.717) is 5.56 Å². The van der Waals surface area contributed by atoms with Crippen molar-refractivity contribution < 1.29 is 4.92 Å². The highest BCUT2D eigenvalue weighted by atomic mass is 16.6. The van der Waals surface area contributed by atoms with Crippen molar-refractivity contribution in [2.75, 3.05) is 6.54 Å². The number of nitro groups is 1. The van der Waals surface area contributed by atoms with Crippen LogP contribution in [-0.2, 0) is 0 Å². The minimum atomic E-state index is -0.670. The van der Waals surface area contributed by atoms with Gasteiger partial charge in [0.25, 0.3) is 0 Å². The molecule has 0 atom stereocenters. The first-order chi connectivity index (χ1) is 8.19. The van der Waals surface area contributed by atoms with Crippen LogP contribution in [0.25, 0.3) is 16.5 Å². The van der Waals surface area contributed by atoms with Gasteiger partial charge in [0.15, 0.2) is 0 Å². The van der Waals surface area contributed by atoms with Gasteiger partial charge < -0.3 is 0 Å². The second-order valence-corrected chi connectivity index (χ2v) is 2.82. The fraction of sp³-hybridized carbons (Fsp3) is 0.111. The van der Waals surface area contributed by atoms with Crippen LogP contribution in [0, 0.1) is 21.4 Å².